The first-order valence-corrected chi connectivity index (χ1v) is 8.85. The molecular formula is C13H20BrN3O2S. The molecule has 2 rings (SSSR count). The average Bonchev–Trinajstić information content (AvgIpc) is 2.33. The van der Waals surface area contributed by atoms with E-state index in [9.17, 15) is 8.42 Å². The molecule has 0 amide bonds. The molecule has 1 heterocycles. The van der Waals surface area contributed by atoms with Crippen molar-refractivity contribution in [3.8, 4) is 0 Å². The van der Waals surface area contributed by atoms with E-state index in [4.69, 9.17) is 5.73 Å². The molecule has 1 saturated heterocycles. The molecule has 0 aliphatic carbocycles. The topological polar surface area (TPSA) is 75.4 Å². The van der Waals surface area contributed by atoms with Crippen LogP contribution in [-0.4, -0.2) is 39.0 Å². The van der Waals surface area contributed by atoms with E-state index in [1.807, 2.05) is 0 Å². The zero-order chi connectivity index (χ0) is 14.9. The normalized spacial score (nSPS) is 24.8. The lowest BCUT2D eigenvalue weighted by atomic mass is 10.0. The fourth-order valence-electron chi connectivity index (χ4n) is 2.44. The number of hydrogen-bond donors (Lipinski definition) is 2. The summed E-state index contributed by atoms with van der Waals surface area (Å²) in [6, 6.07) is 5.15. The highest BCUT2D eigenvalue weighted by Gasteiger charge is 2.27. The van der Waals surface area contributed by atoms with Crippen LogP contribution in [-0.2, 0) is 10.0 Å². The standard InChI is InChI=1S/C13H20BrN3O2S/c1-9-7-11(5-6-17(9)2)16-20(18,19)13-4-3-10(14)8-12(13)15/h3-4,8-9,11,16H,5-7,15H2,1-2H3. The van der Waals surface area contributed by atoms with Crippen LogP contribution in [0, 0.1) is 0 Å². The van der Waals surface area contributed by atoms with Gasteiger partial charge >= 0.3 is 0 Å². The smallest absolute Gasteiger partial charge is 0.242 e. The zero-order valence-corrected chi connectivity index (χ0v) is 14.0. The summed E-state index contributed by atoms with van der Waals surface area (Å²) in [5.74, 6) is 0. The number of benzene rings is 1. The molecule has 1 aliphatic heterocycles. The van der Waals surface area contributed by atoms with Crippen LogP contribution in [0.1, 0.15) is 19.8 Å². The van der Waals surface area contributed by atoms with Crippen LogP contribution >= 0.6 is 15.9 Å². The average molecular weight is 362 g/mol. The van der Waals surface area contributed by atoms with Crippen LogP contribution in [0.5, 0.6) is 0 Å². The highest BCUT2D eigenvalue weighted by atomic mass is 79.9. The zero-order valence-electron chi connectivity index (χ0n) is 11.6. The molecule has 1 aromatic carbocycles. The van der Waals surface area contributed by atoms with Crippen LogP contribution in [0.3, 0.4) is 0 Å². The number of anilines is 1. The van der Waals surface area contributed by atoms with Crippen molar-refractivity contribution in [3.05, 3.63) is 22.7 Å². The van der Waals surface area contributed by atoms with E-state index < -0.39 is 10.0 Å². The van der Waals surface area contributed by atoms with Gasteiger partial charge in [0.2, 0.25) is 10.0 Å². The predicted molar refractivity (Wildman–Crippen MR) is 84.0 cm³/mol. The molecule has 1 aliphatic rings. The minimum absolute atomic E-state index is 0.0331. The Hall–Kier alpha value is -0.630. The quantitative estimate of drug-likeness (QED) is 0.804. The molecule has 2 unspecified atom stereocenters. The van der Waals surface area contributed by atoms with Gasteiger partial charge in [0.15, 0.2) is 0 Å². The first-order chi connectivity index (χ1) is 9.29. The number of nitrogen functional groups attached to an aromatic ring is 1. The Balaban J connectivity index is 2.15. The van der Waals surface area contributed by atoms with Crippen LogP contribution in [0.15, 0.2) is 27.6 Å². The summed E-state index contributed by atoms with van der Waals surface area (Å²) < 4.78 is 28.3. The van der Waals surface area contributed by atoms with E-state index in [1.54, 1.807) is 12.1 Å². The Labute approximate surface area is 128 Å². The second-order valence-electron chi connectivity index (χ2n) is 5.35. The van der Waals surface area contributed by atoms with Crippen molar-refractivity contribution >= 4 is 31.6 Å². The SMILES string of the molecule is CC1CC(NS(=O)(=O)c2ccc(Br)cc2N)CCN1C. The Kier molecular flexibility index (Phi) is 4.73. The van der Waals surface area contributed by atoms with Gasteiger partial charge in [-0.05, 0) is 51.6 Å². The van der Waals surface area contributed by atoms with Gasteiger partial charge in [-0.1, -0.05) is 15.9 Å². The van der Waals surface area contributed by atoms with Crippen molar-refractivity contribution < 1.29 is 8.42 Å². The van der Waals surface area contributed by atoms with Gasteiger partial charge in [0.1, 0.15) is 4.90 Å². The summed E-state index contributed by atoms with van der Waals surface area (Å²) in [5.41, 5.74) is 6.06. The van der Waals surface area contributed by atoms with E-state index in [1.165, 1.54) is 6.07 Å². The predicted octanol–water partition coefficient (Wildman–Crippen LogP) is 1.79. The number of nitrogens with two attached hydrogens (primary N) is 1. The number of rotatable bonds is 3. The number of likely N-dealkylation sites (tertiary alicyclic amines) is 1. The van der Waals surface area contributed by atoms with Crippen molar-refractivity contribution in [2.75, 3.05) is 19.3 Å². The molecule has 0 spiro atoms. The van der Waals surface area contributed by atoms with E-state index in [-0.39, 0.29) is 16.6 Å². The minimum atomic E-state index is -3.56. The molecule has 0 aromatic heterocycles. The molecule has 20 heavy (non-hydrogen) atoms. The first-order valence-electron chi connectivity index (χ1n) is 6.57. The van der Waals surface area contributed by atoms with Crippen LogP contribution < -0.4 is 10.5 Å². The monoisotopic (exact) mass is 361 g/mol. The molecule has 7 heteroatoms. The van der Waals surface area contributed by atoms with E-state index in [0.29, 0.717) is 6.04 Å². The van der Waals surface area contributed by atoms with Crippen molar-refractivity contribution in [2.45, 2.75) is 36.7 Å². The number of nitrogens with zero attached hydrogens (tertiary/aromatic N) is 1. The highest BCUT2D eigenvalue weighted by Crippen LogP contribution is 2.24. The van der Waals surface area contributed by atoms with Gasteiger partial charge in [0, 0.05) is 16.6 Å². The van der Waals surface area contributed by atoms with Crippen molar-refractivity contribution in [1.82, 2.24) is 9.62 Å². The van der Waals surface area contributed by atoms with E-state index in [2.05, 4.69) is 39.5 Å². The van der Waals surface area contributed by atoms with Crippen molar-refractivity contribution in [3.63, 3.8) is 0 Å². The fraction of sp³-hybridized carbons (Fsp3) is 0.538. The van der Waals surface area contributed by atoms with Gasteiger partial charge in [-0.2, -0.15) is 0 Å². The van der Waals surface area contributed by atoms with Gasteiger partial charge in [0.25, 0.3) is 0 Å². The molecule has 0 radical (unpaired) electrons. The van der Waals surface area contributed by atoms with Crippen molar-refractivity contribution in [2.24, 2.45) is 0 Å². The lowest BCUT2D eigenvalue weighted by Gasteiger charge is -2.35. The Morgan fingerprint density at radius 3 is 2.75 bits per heavy atom. The Morgan fingerprint density at radius 1 is 1.45 bits per heavy atom. The van der Waals surface area contributed by atoms with Gasteiger partial charge in [-0.3, -0.25) is 0 Å². The molecule has 112 valence electrons. The van der Waals surface area contributed by atoms with Gasteiger partial charge in [0.05, 0.1) is 5.69 Å². The molecule has 0 bridgehead atoms. The molecule has 1 fully saturated rings. The maximum absolute atomic E-state index is 12.4. The second-order valence-corrected chi connectivity index (χ2v) is 7.95. The summed E-state index contributed by atoms with van der Waals surface area (Å²) in [4.78, 5) is 2.38. The molecule has 3 N–H and O–H groups in total. The van der Waals surface area contributed by atoms with Crippen LogP contribution in [0.2, 0.25) is 0 Å². The molecule has 5 nitrogen and oxygen atoms in total. The summed E-state index contributed by atoms with van der Waals surface area (Å²) in [6.45, 7) is 3.00. The number of halogens is 1. The van der Waals surface area contributed by atoms with Crippen LogP contribution in [0.4, 0.5) is 5.69 Å². The van der Waals surface area contributed by atoms with E-state index in [0.717, 1.165) is 23.9 Å². The third-order valence-electron chi connectivity index (χ3n) is 3.79. The third kappa shape index (κ3) is 3.52. The number of hydrogen-bond acceptors (Lipinski definition) is 4. The second kappa shape index (κ2) is 6.01. The van der Waals surface area contributed by atoms with Crippen LogP contribution in [0.25, 0.3) is 0 Å². The van der Waals surface area contributed by atoms with E-state index >= 15 is 0 Å². The largest absolute Gasteiger partial charge is 0.398 e. The van der Waals surface area contributed by atoms with Gasteiger partial charge in [-0.15, -0.1) is 0 Å². The fourth-order valence-corrected chi connectivity index (χ4v) is 4.22. The number of nitrogens with one attached hydrogen (secondary N) is 1. The van der Waals surface area contributed by atoms with Crippen molar-refractivity contribution in [1.29, 1.82) is 0 Å². The number of sulfonamides is 1. The Morgan fingerprint density at radius 2 is 2.15 bits per heavy atom. The molecule has 1 aromatic rings. The van der Waals surface area contributed by atoms with Gasteiger partial charge < -0.3 is 10.6 Å². The lowest BCUT2D eigenvalue weighted by molar-refractivity contribution is 0.178. The maximum atomic E-state index is 12.4. The summed E-state index contributed by atoms with van der Waals surface area (Å²) in [5, 5.41) is 0. The summed E-state index contributed by atoms with van der Waals surface area (Å²) in [7, 11) is -1.50. The summed E-state index contributed by atoms with van der Waals surface area (Å²) in [6.07, 6.45) is 1.63. The lowest BCUT2D eigenvalue weighted by Crippen LogP contribution is -2.47. The highest BCUT2D eigenvalue weighted by molar-refractivity contribution is 9.10. The Bertz CT molecular complexity index is 591. The van der Waals surface area contributed by atoms with Gasteiger partial charge in [-0.25, -0.2) is 13.1 Å². The minimum Gasteiger partial charge on any atom is -0.398 e. The molecule has 0 saturated carbocycles. The molecule has 2 atom stereocenters. The summed E-state index contributed by atoms with van der Waals surface area (Å²) >= 11 is 3.28. The maximum Gasteiger partial charge on any atom is 0.242 e. The third-order valence-corrected chi connectivity index (χ3v) is 5.88. The first kappa shape index (κ1) is 15.8. The molecular weight excluding hydrogens is 342 g/mol. The number of piperidine rings is 1.